The van der Waals surface area contributed by atoms with Crippen LogP contribution in [0.1, 0.15) is 21.7 Å². The predicted molar refractivity (Wildman–Crippen MR) is 96.5 cm³/mol. The highest BCUT2D eigenvalue weighted by atomic mass is 35.5. The molecular formula is C18H21ClN4O3. The molecule has 0 radical (unpaired) electrons. The Kier molecular flexibility index (Phi) is 4.84. The Balaban J connectivity index is 1.42. The van der Waals surface area contributed by atoms with Crippen molar-refractivity contribution in [2.75, 3.05) is 26.3 Å². The van der Waals surface area contributed by atoms with Crippen molar-refractivity contribution in [2.24, 2.45) is 0 Å². The van der Waals surface area contributed by atoms with Gasteiger partial charge in [0.2, 0.25) is 0 Å². The number of β-amino-alcohol motifs (C(OH)–C–C–N with tert-alkyl or cyclic N) is 1. The zero-order valence-electron chi connectivity index (χ0n) is 14.3. The first kappa shape index (κ1) is 17.3. The minimum Gasteiger partial charge on any atom is -0.491 e. The van der Waals surface area contributed by atoms with E-state index in [-0.39, 0.29) is 18.6 Å². The first-order valence-electron chi connectivity index (χ1n) is 8.74. The summed E-state index contributed by atoms with van der Waals surface area (Å²) in [6.07, 6.45) is 0.680. The quantitative estimate of drug-likeness (QED) is 0.834. The highest BCUT2D eigenvalue weighted by Gasteiger charge is 2.25. The summed E-state index contributed by atoms with van der Waals surface area (Å²) in [6.45, 7) is 3.44. The molecule has 1 amide bonds. The van der Waals surface area contributed by atoms with Gasteiger partial charge in [-0.1, -0.05) is 11.6 Å². The summed E-state index contributed by atoms with van der Waals surface area (Å²) in [6, 6.07) is 7.25. The molecule has 0 unspecified atom stereocenters. The molecule has 4 rings (SSSR count). The van der Waals surface area contributed by atoms with E-state index in [1.54, 1.807) is 6.07 Å². The topological polar surface area (TPSA) is 79.6 Å². The van der Waals surface area contributed by atoms with E-state index < -0.39 is 0 Å². The van der Waals surface area contributed by atoms with Gasteiger partial charge in [-0.2, -0.15) is 5.10 Å². The SMILES string of the molecule is O=C(N[C@H]1COc2ccc(Cl)cc2C1)c1cc2n(n1)CCN(CCO)C2. The smallest absolute Gasteiger partial charge is 0.272 e. The summed E-state index contributed by atoms with van der Waals surface area (Å²) in [5.74, 6) is 0.626. The van der Waals surface area contributed by atoms with Crippen molar-refractivity contribution >= 4 is 17.5 Å². The van der Waals surface area contributed by atoms with Gasteiger partial charge in [-0.15, -0.1) is 0 Å². The van der Waals surface area contributed by atoms with Crippen molar-refractivity contribution in [1.29, 1.82) is 0 Å². The van der Waals surface area contributed by atoms with Gasteiger partial charge in [-0.05, 0) is 36.2 Å². The Morgan fingerprint density at radius 1 is 1.38 bits per heavy atom. The van der Waals surface area contributed by atoms with Gasteiger partial charge < -0.3 is 15.2 Å². The molecule has 0 aliphatic carbocycles. The van der Waals surface area contributed by atoms with Gasteiger partial charge in [0.05, 0.1) is 24.9 Å². The van der Waals surface area contributed by atoms with Crippen molar-refractivity contribution in [2.45, 2.75) is 25.6 Å². The highest BCUT2D eigenvalue weighted by molar-refractivity contribution is 6.30. The minimum absolute atomic E-state index is 0.113. The molecule has 2 aliphatic heterocycles. The third-order valence-electron chi connectivity index (χ3n) is 4.79. The third-order valence-corrected chi connectivity index (χ3v) is 5.02. The van der Waals surface area contributed by atoms with Crippen LogP contribution < -0.4 is 10.1 Å². The summed E-state index contributed by atoms with van der Waals surface area (Å²) in [4.78, 5) is 14.7. The molecule has 0 spiro atoms. The highest BCUT2D eigenvalue weighted by Crippen LogP contribution is 2.27. The zero-order chi connectivity index (χ0) is 18.1. The summed E-state index contributed by atoms with van der Waals surface area (Å²) in [5.41, 5.74) is 2.41. The predicted octanol–water partition coefficient (Wildman–Crippen LogP) is 1.08. The molecule has 0 saturated heterocycles. The number of halogens is 1. The Morgan fingerprint density at radius 3 is 3.12 bits per heavy atom. The molecule has 8 heteroatoms. The van der Waals surface area contributed by atoms with Gasteiger partial charge in [-0.3, -0.25) is 14.4 Å². The molecule has 2 N–H and O–H groups in total. The number of ether oxygens (including phenoxy) is 1. The molecule has 0 bridgehead atoms. The summed E-state index contributed by atoms with van der Waals surface area (Å²) >= 11 is 6.04. The van der Waals surface area contributed by atoms with Gasteiger partial charge in [0, 0.05) is 24.7 Å². The number of benzene rings is 1. The number of amides is 1. The second-order valence-corrected chi connectivity index (χ2v) is 7.12. The summed E-state index contributed by atoms with van der Waals surface area (Å²) < 4.78 is 7.59. The largest absolute Gasteiger partial charge is 0.491 e. The molecule has 2 aliphatic rings. The van der Waals surface area contributed by atoms with Gasteiger partial charge in [0.15, 0.2) is 5.69 Å². The molecule has 26 heavy (non-hydrogen) atoms. The average Bonchev–Trinajstić information content (AvgIpc) is 3.05. The van der Waals surface area contributed by atoms with Crippen LogP contribution in [0.3, 0.4) is 0 Å². The standard InChI is InChI=1S/C18H21ClN4O3/c19-13-1-2-17-12(7-13)8-14(11-26-17)20-18(25)16-9-15-10-22(5-6-24)3-4-23(15)21-16/h1-2,7,9,14,24H,3-6,8,10-11H2,(H,20,25)/t14-/m1/s1. The van der Waals surface area contributed by atoms with Crippen molar-refractivity contribution < 1.29 is 14.6 Å². The Hall–Kier alpha value is -2.09. The molecule has 0 fully saturated rings. The van der Waals surface area contributed by atoms with Crippen molar-refractivity contribution in [3.63, 3.8) is 0 Å². The van der Waals surface area contributed by atoms with Gasteiger partial charge in [0.25, 0.3) is 5.91 Å². The number of carbonyl (C=O) groups is 1. The molecule has 3 heterocycles. The third kappa shape index (κ3) is 3.56. The molecule has 138 valence electrons. The fraction of sp³-hybridized carbons (Fsp3) is 0.444. The van der Waals surface area contributed by atoms with Crippen LogP contribution in [0.25, 0.3) is 0 Å². The second kappa shape index (κ2) is 7.26. The number of hydrogen-bond donors (Lipinski definition) is 2. The van der Waals surface area contributed by atoms with Crippen LogP contribution in [-0.2, 0) is 19.5 Å². The summed E-state index contributed by atoms with van der Waals surface area (Å²) in [7, 11) is 0. The maximum Gasteiger partial charge on any atom is 0.272 e. The van der Waals surface area contributed by atoms with Crippen LogP contribution in [0.15, 0.2) is 24.3 Å². The number of nitrogens with zero attached hydrogens (tertiary/aromatic N) is 3. The van der Waals surface area contributed by atoms with Crippen molar-refractivity contribution in [3.05, 3.63) is 46.2 Å². The van der Waals surface area contributed by atoms with E-state index in [9.17, 15) is 4.79 Å². The Bertz CT molecular complexity index is 823. The number of carbonyl (C=O) groups excluding carboxylic acids is 1. The lowest BCUT2D eigenvalue weighted by molar-refractivity contribution is 0.0909. The summed E-state index contributed by atoms with van der Waals surface area (Å²) in [5, 5.41) is 17.2. The monoisotopic (exact) mass is 376 g/mol. The van der Waals surface area contributed by atoms with Gasteiger partial charge >= 0.3 is 0 Å². The lowest BCUT2D eigenvalue weighted by atomic mass is 10.0. The van der Waals surface area contributed by atoms with Crippen LogP contribution in [0, 0.1) is 0 Å². The molecule has 7 nitrogen and oxygen atoms in total. The number of fused-ring (bicyclic) bond motifs is 2. The first-order chi connectivity index (χ1) is 12.6. The number of nitrogens with one attached hydrogen (secondary N) is 1. The van der Waals surface area contributed by atoms with Crippen LogP contribution in [0.2, 0.25) is 5.02 Å². The van der Waals surface area contributed by atoms with Crippen molar-refractivity contribution in [1.82, 2.24) is 20.0 Å². The average molecular weight is 377 g/mol. The molecule has 1 atom stereocenters. The number of rotatable bonds is 4. The molecule has 1 aromatic heterocycles. The van der Waals surface area contributed by atoms with Crippen LogP contribution >= 0.6 is 11.6 Å². The van der Waals surface area contributed by atoms with E-state index in [1.165, 1.54) is 0 Å². The zero-order valence-corrected chi connectivity index (χ0v) is 15.1. The van der Waals surface area contributed by atoms with E-state index in [4.69, 9.17) is 21.4 Å². The first-order valence-corrected chi connectivity index (χ1v) is 9.12. The molecule has 1 aromatic carbocycles. The Labute approximate surface area is 156 Å². The fourth-order valence-electron chi connectivity index (χ4n) is 3.48. The lowest BCUT2D eigenvalue weighted by Crippen LogP contribution is -2.42. The van der Waals surface area contributed by atoms with E-state index >= 15 is 0 Å². The lowest BCUT2D eigenvalue weighted by Gasteiger charge is -2.26. The molecule has 2 aromatic rings. The fourth-order valence-corrected chi connectivity index (χ4v) is 3.67. The number of aliphatic hydroxyl groups excluding tert-OH is 1. The van der Waals surface area contributed by atoms with Crippen LogP contribution in [-0.4, -0.2) is 58.0 Å². The number of aliphatic hydroxyl groups is 1. The normalized spacial score (nSPS) is 19.4. The second-order valence-electron chi connectivity index (χ2n) is 6.68. The maximum atomic E-state index is 12.6. The van der Waals surface area contributed by atoms with Gasteiger partial charge in [0.1, 0.15) is 12.4 Å². The van der Waals surface area contributed by atoms with Crippen LogP contribution in [0.5, 0.6) is 5.75 Å². The minimum atomic E-state index is -0.195. The van der Waals surface area contributed by atoms with Crippen LogP contribution in [0.4, 0.5) is 0 Å². The molecule has 0 saturated carbocycles. The van der Waals surface area contributed by atoms with Crippen molar-refractivity contribution in [3.8, 4) is 5.75 Å². The maximum absolute atomic E-state index is 12.6. The van der Waals surface area contributed by atoms with E-state index in [0.717, 1.165) is 30.1 Å². The van der Waals surface area contributed by atoms with E-state index in [2.05, 4.69) is 15.3 Å². The van der Waals surface area contributed by atoms with Gasteiger partial charge in [-0.25, -0.2) is 0 Å². The number of hydrogen-bond acceptors (Lipinski definition) is 5. The Morgan fingerprint density at radius 2 is 2.27 bits per heavy atom. The van der Waals surface area contributed by atoms with E-state index in [1.807, 2.05) is 22.9 Å². The van der Waals surface area contributed by atoms with E-state index in [0.29, 0.717) is 36.8 Å². The number of aromatic nitrogens is 2. The molecular weight excluding hydrogens is 356 g/mol.